The summed E-state index contributed by atoms with van der Waals surface area (Å²) in [7, 11) is 0. The van der Waals surface area contributed by atoms with Crippen molar-refractivity contribution in [3.05, 3.63) is 58.2 Å². The number of hydrogen-bond donors (Lipinski definition) is 1. The number of hydrogen-bond acceptors (Lipinski definition) is 5. The molecule has 1 aromatic heterocycles. The number of carbonyl (C=O) groups is 1. The van der Waals surface area contributed by atoms with E-state index in [1.165, 1.54) is 12.9 Å². The number of allylic oxidation sites excluding steroid dienone is 1. The van der Waals surface area contributed by atoms with Crippen LogP contribution in [0.1, 0.15) is 23.7 Å². The average molecular weight is 301 g/mol. The van der Waals surface area contributed by atoms with Crippen LogP contribution in [0.2, 0.25) is 0 Å². The van der Waals surface area contributed by atoms with Crippen molar-refractivity contribution in [2.24, 2.45) is 0 Å². The van der Waals surface area contributed by atoms with Crippen molar-refractivity contribution in [2.75, 3.05) is 0 Å². The molecule has 22 heavy (non-hydrogen) atoms. The number of ketones is 1. The van der Waals surface area contributed by atoms with Gasteiger partial charge in [0.05, 0.1) is 6.08 Å². The van der Waals surface area contributed by atoms with Gasteiger partial charge in [-0.2, -0.15) is 0 Å². The topological polar surface area (TPSA) is 89.5 Å². The molecule has 0 saturated carbocycles. The molecule has 0 spiro atoms. The zero-order chi connectivity index (χ0) is 16.1. The molecule has 0 radical (unpaired) electrons. The minimum absolute atomic E-state index is 0.149. The molecule has 0 unspecified atom stereocenters. The second-order valence-electron chi connectivity index (χ2n) is 4.83. The van der Waals surface area contributed by atoms with Gasteiger partial charge >= 0.3 is 11.7 Å². The Labute approximate surface area is 126 Å². The summed E-state index contributed by atoms with van der Waals surface area (Å²) in [4.78, 5) is 34.3. The van der Waals surface area contributed by atoms with E-state index in [-0.39, 0.29) is 5.69 Å². The van der Waals surface area contributed by atoms with Crippen LogP contribution in [0.4, 0.5) is 0 Å². The van der Waals surface area contributed by atoms with Crippen LogP contribution >= 0.6 is 0 Å². The lowest BCUT2D eigenvalue weighted by Crippen LogP contribution is -2.28. The molecule has 6 nitrogen and oxygen atoms in total. The third-order valence-corrected chi connectivity index (χ3v) is 3.44. The molecule has 1 heterocycles. The van der Waals surface area contributed by atoms with Crippen LogP contribution in [0.5, 0.6) is 5.95 Å². The van der Waals surface area contributed by atoms with Gasteiger partial charge in [0.1, 0.15) is 17.7 Å². The van der Waals surface area contributed by atoms with Crippen LogP contribution < -0.4 is 5.76 Å². The zero-order valence-electron chi connectivity index (χ0n) is 12.0. The van der Waals surface area contributed by atoms with Gasteiger partial charge in [-0.15, -0.1) is 0 Å². The standard InChI is InChI=1S/C16H15NO5/c1-11-15(20)22-16(21)17(11)13(14(19)9-10-18)8-7-12-5-3-2-4-6-12/h2-6,9,13,20H,7-8H2,1H3/t13-/m0/s1. The Morgan fingerprint density at radius 2 is 2.09 bits per heavy atom. The average Bonchev–Trinajstić information content (AvgIpc) is 2.75. The van der Waals surface area contributed by atoms with Crippen LogP contribution in [0.15, 0.2) is 45.6 Å². The third kappa shape index (κ3) is 3.24. The van der Waals surface area contributed by atoms with E-state index in [1.807, 2.05) is 30.3 Å². The molecule has 2 rings (SSSR count). The van der Waals surface area contributed by atoms with E-state index in [1.54, 1.807) is 0 Å². The molecule has 2 aromatic rings. The van der Waals surface area contributed by atoms with Gasteiger partial charge < -0.3 is 9.52 Å². The van der Waals surface area contributed by atoms with E-state index in [0.717, 1.165) is 16.2 Å². The number of aryl methyl sites for hydroxylation is 1. The molecule has 114 valence electrons. The molecule has 0 aliphatic carbocycles. The van der Waals surface area contributed by atoms with Crippen LogP contribution in [0.25, 0.3) is 0 Å². The van der Waals surface area contributed by atoms with E-state index in [2.05, 4.69) is 4.42 Å². The Bertz CT molecular complexity index is 766. The van der Waals surface area contributed by atoms with E-state index >= 15 is 0 Å². The summed E-state index contributed by atoms with van der Waals surface area (Å²) in [6, 6.07) is 8.51. The number of nitrogens with zero attached hydrogens (tertiary/aromatic N) is 1. The van der Waals surface area contributed by atoms with Crippen molar-refractivity contribution in [3.63, 3.8) is 0 Å². The van der Waals surface area contributed by atoms with Crippen molar-refractivity contribution in [1.29, 1.82) is 0 Å². The molecule has 1 N–H and O–H groups in total. The maximum absolute atomic E-state index is 12.1. The first kappa shape index (κ1) is 15.5. The van der Waals surface area contributed by atoms with Crippen molar-refractivity contribution < 1.29 is 19.1 Å². The Morgan fingerprint density at radius 3 is 2.64 bits per heavy atom. The summed E-state index contributed by atoms with van der Waals surface area (Å²) in [5.74, 6) is -0.492. The fourth-order valence-electron chi connectivity index (χ4n) is 2.31. The van der Waals surface area contributed by atoms with Crippen LogP contribution in [-0.2, 0) is 16.0 Å². The summed E-state index contributed by atoms with van der Waals surface area (Å²) in [5.41, 5.74) is 1.14. The Morgan fingerprint density at radius 1 is 1.41 bits per heavy atom. The smallest absolute Gasteiger partial charge is 0.422 e. The molecule has 1 atom stereocenters. The molecule has 1 aromatic carbocycles. The summed E-state index contributed by atoms with van der Waals surface area (Å²) >= 11 is 0. The first-order chi connectivity index (χ1) is 10.5. The summed E-state index contributed by atoms with van der Waals surface area (Å²) in [5, 5.41) is 9.48. The van der Waals surface area contributed by atoms with Gasteiger partial charge in [0, 0.05) is 0 Å². The Hall–Kier alpha value is -2.85. The molecular weight excluding hydrogens is 286 g/mol. The van der Waals surface area contributed by atoms with Crippen molar-refractivity contribution >= 4 is 11.7 Å². The van der Waals surface area contributed by atoms with Crippen LogP contribution in [-0.4, -0.2) is 21.4 Å². The molecule has 0 bridgehead atoms. The van der Waals surface area contributed by atoms with Gasteiger partial charge in [0.2, 0.25) is 0 Å². The zero-order valence-corrected chi connectivity index (χ0v) is 12.0. The molecule has 0 saturated heterocycles. The summed E-state index contributed by atoms with van der Waals surface area (Å²) < 4.78 is 5.67. The molecular formula is C16H15NO5. The van der Waals surface area contributed by atoms with Crippen molar-refractivity contribution in [2.45, 2.75) is 25.8 Å². The predicted octanol–water partition coefficient (Wildman–Crippen LogP) is 1.59. The summed E-state index contributed by atoms with van der Waals surface area (Å²) in [6.45, 7) is 1.47. The van der Waals surface area contributed by atoms with Gasteiger partial charge in [0.25, 0.3) is 0 Å². The van der Waals surface area contributed by atoms with Gasteiger partial charge in [0.15, 0.2) is 5.78 Å². The maximum Gasteiger partial charge on any atom is 0.422 e. The number of carbonyl (C=O) groups excluding carboxylic acids is 2. The van der Waals surface area contributed by atoms with Gasteiger partial charge in [-0.25, -0.2) is 9.59 Å². The molecule has 6 heteroatoms. The molecule has 0 aliphatic heterocycles. The van der Waals surface area contributed by atoms with Crippen molar-refractivity contribution in [1.82, 2.24) is 4.57 Å². The number of oxazole rings is 1. The quantitative estimate of drug-likeness (QED) is 0.646. The second kappa shape index (κ2) is 6.74. The van der Waals surface area contributed by atoms with E-state index in [4.69, 9.17) is 0 Å². The highest BCUT2D eigenvalue weighted by Crippen LogP contribution is 2.22. The Balaban J connectivity index is 2.33. The predicted molar refractivity (Wildman–Crippen MR) is 78.4 cm³/mol. The Kier molecular flexibility index (Phi) is 4.76. The summed E-state index contributed by atoms with van der Waals surface area (Å²) in [6.07, 6.45) is 1.58. The lowest BCUT2D eigenvalue weighted by Gasteiger charge is -2.15. The highest BCUT2D eigenvalue weighted by molar-refractivity contribution is 5.98. The first-order valence-electron chi connectivity index (χ1n) is 6.74. The fourth-order valence-corrected chi connectivity index (χ4v) is 2.31. The SMILES string of the molecule is Cc1c(O)oc(=O)n1[C@@H](CCc1ccccc1)C(=O)C=C=O. The van der Waals surface area contributed by atoms with E-state index in [9.17, 15) is 19.5 Å². The van der Waals surface area contributed by atoms with Crippen molar-refractivity contribution in [3.8, 4) is 5.95 Å². The van der Waals surface area contributed by atoms with Crippen LogP contribution in [0, 0.1) is 6.92 Å². The molecule has 0 amide bonds. The monoisotopic (exact) mass is 301 g/mol. The molecule has 0 fully saturated rings. The van der Waals surface area contributed by atoms with Gasteiger partial charge in [-0.05, 0) is 25.3 Å². The number of aromatic nitrogens is 1. The number of aromatic hydroxyl groups is 1. The van der Waals surface area contributed by atoms with E-state index in [0.29, 0.717) is 12.8 Å². The third-order valence-electron chi connectivity index (χ3n) is 3.44. The highest BCUT2D eigenvalue weighted by atomic mass is 16.5. The normalized spacial score (nSPS) is 11.7. The number of benzene rings is 1. The lowest BCUT2D eigenvalue weighted by molar-refractivity contribution is -0.117. The van der Waals surface area contributed by atoms with Gasteiger partial charge in [-0.1, -0.05) is 30.3 Å². The van der Waals surface area contributed by atoms with Crippen LogP contribution in [0.3, 0.4) is 0 Å². The van der Waals surface area contributed by atoms with E-state index < -0.39 is 23.5 Å². The van der Waals surface area contributed by atoms with Gasteiger partial charge in [-0.3, -0.25) is 9.36 Å². The maximum atomic E-state index is 12.1. The number of rotatable bonds is 6. The minimum atomic E-state index is -0.918. The molecule has 0 aliphatic rings. The fraction of sp³-hybridized carbons (Fsp3) is 0.250. The first-order valence-corrected chi connectivity index (χ1v) is 6.74. The lowest BCUT2D eigenvalue weighted by atomic mass is 10.0. The highest BCUT2D eigenvalue weighted by Gasteiger charge is 2.25. The second-order valence-corrected chi connectivity index (χ2v) is 4.83. The largest absolute Gasteiger partial charge is 0.479 e. The minimum Gasteiger partial charge on any atom is -0.479 e.